The first-order valence-electron chi connectivity index (χ1n) is 11.4. The molecule has 2 aromatic heterocycles. The van der Waals surface area contributed by atoms with E-state index in [9.17, 15) is 9.59 Å². The molecule has 3 aromatic rings. The van der Waals surface area contributed by atoms with E-state index in [1.54, 1.807) is 31.0 Å². The third-order valence-corrected chi connectivity index (χ3v) is 7.14. The van der Waals surface area contributed by atoms with Gasteiger partial charge in [-0.3, -0.25) is 9.59 Å². The van der Waals surface area contributed by atoms with Crippen LogP contribution in [-0.4, -0.2) is 34.5 Å². The third-order valence-electron chi connectivity index (χ3n) is 6.25. The number of nitrogens with one attached hydrogen (secondary N) is 1. The number of ether oxygens (including phenoxy) is 1. The van der Waals surface area contributed by atoms with Crippen molar-refractivity contribution in [1.82, 2.24) is 9.97 Å². The number of hydrogen-bond donors (Lipinski definition) is 1. The van der Waals surface area contributed by atoms with Crippen LogP contribution in [0, 0.1) is 6.92 Å². The summed E-state index contributed by atoms with van der Waals surface area (Å²) < 4.78 is 5.25. The normalized spacial score (nSPS) is 17.2. The van der Waals surface area contributed by atoms with Crippen molar-refractivity contribution in [2.75, 3.05) is 18.2 Å². The van der Waals surface area contributed by atoms with Gasteiger partial charge in [-0.15, -0.1) is 11.8 Å². The molecule has 0 saturated carbocycles. The van der Waals surface area contributed by atoms with Crippen LogP contribution >= 0.6 is 11.8 Å². The molecule has 0 fully saturated rings. The lowest BCUT2D eigenvalue weighted by atomic mass is 9.70. The number of pyridine rings is 2. The molecule has 1 unspecified atom stereocenters. The number of aromatic nitrogens is 2. The maximum absolute atomic E-state index is 13.6. The first kappa shape index (κ1) is 24.0. The van der Waals surface area contributed by atoms with Crippen LogP contribution in [-0.2, 0) is 23.1 Å². The number of methoxy groups -OCH3 is 1. The zero-order chi connectivity index (χ0) is 24.3. The Hall–Kier alpha value is -3.19. The van der Waals surface area contributed by atoms with Gasteiger partial charge in [0.25, 0.3) is 0 Å². The van der Waals surface area contributed by atoms with Gasteiger partial charge < -0.3 is 10.1 Å². The molecule has 0 saturated heterocycles. The molecule has 1 aromatic carbocycles. The molecule has 4 rings (SSSR count). The second-order valence-electron chi connectivity index (χ2n) is 8.67. The zero-order valence-electron chi connectivity index (χ0n) is 20.0. The van der Waals surface area contributed by atoms with E-state index >= 15 is 0 Å². The van der Waals surface area contributed by atoms with Gasteiger partial charge in [0.15, 0.2) is 5.78 Å². The number of benzene rings is 1. The van der Waals surface area contributed by atoms with Crippen LogP contribution in [0.25, 0.3) is 0 Å². The van der Waals surface area contributed by atoms with Gasteiger partial charge in [-0.1, -0.05) is 25.1 Å². The van der Waals surface area contributed by atoms with E-state index in [0.717, 1.165) is 22.6 Å². The van der Waals surface area contributed by atoms with E-state index in [2.05, 4.69) is 22.2 Å². The van der Waals surface area contributed by atoms with Gasteiger partial charge in [-0.2, -0.15) is 0 Å². The minimum absolute atomic E-state index is 0.00224. The van der Waals surface area contributed by atoms with Crippen LogP contribution in [0.5, 0.6) is 5.88 Å². The highest BCUT2D eigenvalue weighted by molar-refractivity contribution is 7.99. The molecule has 176 valence electrons. The molecule has 0 aliphatic heterocycles. The molecule has 1 atom stereocenters. The summed E-state index contributed by atoms with van der Waals surface area (Å²) in [7, 11) is 1.57. The van der Waals surface area contributed by atoms with Crippen molar-refractivity contribution in [2.24, 2.45) is 0 Å². The molecular formula is C27H29N3O3S. The van der Waals surface area contributed by atoms with Crippen LogP contribution in [0.4, 0.5) is 5.82 Å². The molecule has 7 heteroatoms. The van der Waals surface area contributed by atoms with E-state index in [1.807, 2.05) is 50.2 Å². The molecule has 1 amide bonds. The fourth-order valence-electron chi connectivity index (χ4n) is 4.37. The summed E-state index contributed by atoms with van der Waals surface area (Å²) in [6.07, 6.45) is 1.48. The number of ketones is 1. The Labute approximate surface area is 204 Å². The third kappa shape index (κ3) is 4.85. The molecule has 0 radical (unpaired) electrons. The lowest BCUT2D eigenvalue weighted by Gasteiger charge is -2.33. The highest BCUT2D eigenvalue weighted by atomic mass is 32.2. The molecule has 0 spiro atoms. The van der Waals surface area contributed by atoms with E-state index in [1.165, 1.54) is 4.90 Å². The van der Waals surface area contributed by atoms with Crippen molar-refractivity contribution >= 4 is 29.3 Å². The Morgan fingerprint density at radius 3 is 2.65 bits per heavy atom. The molecule has 2 heterocycles. The summed E-state index contributed by atoms with van der Waals surface area (Å²) >= 11 is 1.77. The molecule has 1 N–H and O–H groups in total. The van der Waals surface area contributed by atoms with Gasteiger partial charge in [0.05, 0.1) is 30.3 Å². The van der Waals surface area contributed by atoms with Gasteiger partial charge >= 0.3 is 0 Å². The number of hydrogen-bond acceptors (Lipinski definition) is 6. The number of nitrogens with zero attached hydrogens (tertiary/aromatic N) is 2. The lowest BCUT2D eigenvalue weighted by Crippen LogP contribution is -2.39. The average Bonchev–Trinajstić information content (AvgIpc) is 2.83. The quantitative estimate of drug-likeness (QED) is 0.475. The van der Waals surface area contributed by atoms with Gasteiger partial charge in [-0.25, -0.2) is 9.97 Å². The lowest BCUT2D eigenvalue weighted by molar-refractivity contribution is -0.115. The van der Waals surface area contributed by atoms with E-state index in [-0.39, 0.29) is 18.1 Å². The summed E-state index contributed by atoms with van der Waals surface area (Å²) in [6, 6.07) is 15.3. The van der Waals surface area contributed by atoms with Crippen LogP contribution in [0.1, 0.15) is 53.1 Å². The van der Waals surface area contributed by atoms with Crippen molar-refractivity contribution in [2.45, 2.75) is 50.3 Å². The molecule has 1 aliphatic carbocycles. The van der Waals surface area contributed by atoms with Crippen molar-refractivity contribution in [3.8, 4) is 5.88 Å². The SMILES string of the molecule is CCSc1ccc(CC(=O)Nc2cc(C)c3c(n2)CCC(C)(c2cccc(OC)n2)C3=O)cc1. The zero-order valence-corrected chi connectivity index (χ0v) is 20.8. The Balaban J connectivity index is 1.52. The minimum atomic E-state index is -0.749. The molecule has 0 bridgehead atoms. The van der Waals surface area contributed by atoms with Crippen molar-refractivity contribution < 1.29 is 14.3 Å². The number of aryl methyl sites for hydroxylation is 2. The molecule has 34 heavy (non-hydrogen) atoms. The maximum atomic E-state index is 13.6. The van der Waals surface area contributed by atoms with Crippen molar-refractivity contribution in [3.63, 3.8) is 0 Å². The number of anilines is 1. The highest BCUT2D eigenvalue weighted by Gasteiger charge is 2.42. The number of fused-ring (bicyclic) bond motifs is 1. The number of amides is 1. The molecule has 6 nitrogen and oxygen atoms in total. The van der Waals surface area contributed by atoms with E-state index in [0.29, 0.717) is 35.8 Å². The summed E-state index contributed by atoms with van der Waals surface area (Å²) in [5.74, 6) is 1.86. The van der Waals surface area contributed by atoms with Crippen molar-refractivity contribution in [1.29, 1.82) is 0 Å². The van der Waals surface area contributed by atoms with Crippen LogP contribution < -0.4 is 10.1 Å². The van der Waals surface area contributed by atoms with Crippen LogP contribution in [0.15, 0.2) is 53.4 Å². The summed E-state index contributed by atoms with van der Waals surface area (Å²) in [5.41, 5.74) is 3.05. The largest absolute Gasteiger partial charge is 0.481 e. The monoisotopic (exact) mass is 475 g/mol. The Kier molecular flexibility index (Phi) is 7.03. The molecule has 1 aliphatic rings. The van der Waals surface area contributed by atoms with Crippen LogP contribution in [0.3, 0.4) is 0 Å². The average molecular weight is 476 g/mol. The van der Waals surface area contributed by atoms with E-state index in [4.69, 9.17) is 4.74 Å². The van der Waals surface area contributed by atoms with Gasteiger partial charge in [0.2, 0.25) is 11.8 Å². The second kappa shape index (κ2) is 9.97. The molecular weight excluding hydrogens is 446 g/mol. The predicted octanol–water partition coefficient (Wildman–Crippen LogP) is 5.17. The highest BCUT2D eigenvalue weighted by Crippen LogP contribution is 2.39. The standard InChI is InChI=1S/C27H29N3O3S/c1-5-34-19-11-9-18(10-12-19)16-23(31)30-22-15-17(2)25-20(28-22)13-14-27(3,26(25)32)21-7-6-8-24(29-21)33-4/h6-12,15H,5,13-14,16H2,1-4H3,(H,28,30,31). The summed E-state index contributed by atoms with van der Waals surface area (Å²) in [6.45, 7) is 5.94. The first-order valence-corrected chi connectivity index (χ1v) is 12.4. The Morgan fingerprint density at radius 2 is 1.94 bits per heavy atom. The van der Waals surface area contributed by atoms with E-state index < -0.39 is 5.41 Å². The number of thioether (sulfide) groups is 1. The van der Waals surface area contributed by atoms with Crippen LogP contribution in [0.2, 0.25) is 0 Å². The predicted molar refractivity (Wildman–Crippen MR) is 135 cm³/mol. The number of rotatable bonds is 7. The Morgan fingerprint density at radius 1 is 1.18 bits per heavy atom. The number of Topliss-reactive ketones (excluding diaryl/α,β-unsaturated/α-hetero) is 1. The van der Waals surface area contributed by atoms with Gasteiger partial charge in [-0.05, 0) is 67.8 Å². The Bertz CT molecular complexity index is 1230. The topological polar surface area (TPSA) is 81.2 Å². The first-order chi connectivity index (χ1) is 16.3. The second-order valence-corrected chi connectivity index (χ2v) is 10.0. The summed E-state index contributed by atoms with van der Waals surface area (Å²) in [5, 5.41) is 2.91. The minimum Gasteiger partial charge on any atom is -0.481 e. The summed E-state index contributed by atoms with van der Waals surface area (Å²) in [4.78, 5) is 36.6. The van der Waals surface area contributed by atoms with Gasteiger partial charge in [0, 0.05) is 16.5 Å². The number of carbonyl (C=O) groups is 2. The van der Waals surface area contributed by atoms with Gasteiger partial charge in [0.1, 0.15) is 5.82 Å². The number of carbonyl (C=O) groups excluding carboxylic acids is 2. The smallest absolute Gasteiger partial charge is 0.229 e. The van der Waals surface area contributed by atoms with Crippen molar-refractivity contribution in [3.05, 3.63) is 76.6 Å². The fourth-order valence-corrected chi connectivity index (χ4v) is 5.04. The fraction of sp³-hybridized carbons (Fsp3) is 0.333. The maximum Gasteiger partial charge on any atom is 0.229 e.